The first-order valence-electron chi connectivity index (χ1n) is 9.11. The molecule has 3 heterocycles. The lowest BCUT2D eigenvalue weighted by Crippen LogP contribution is -2.42. The summed E-state index contributed by atoms with van der Waals surface area (Å²) in [6, 6.07) is 10.5. The quantitative estimate of drug-likeness (QED) is 0.839. The zero-order valence-electron chi connectivity index (χ0n) is 14.4. The van der Waals surface area contributed by atoms with Crippen LogP contribution in [0, 0.1) is 5.92 Å². The number of hydrogen-bond donors (Lipinski definition) is 0. The summed E-state index contributed by atoms with van der Waals surface area (Å²) in [4.78, 5) is 15.3. The lowest BCUT2D eigenvalue weighted by atomic mass is 9.94. The van der Waals surface area contributed by atoms with Crippen LogP contribution >= 0.6 is 0 Å². The molecular formula is C19H24N4O2. The molecule has 0 aliphatic carbocycles. The van der Waals surface area contributed by atoms with Crippen LogP contribution in [0.5, 0.6) is 0 Å². The first-order valence-corrected chi connectivity index (χ1v) is 9.11. The van der Waals surface area contributed by atoms with Crippen molar-refractivity contribution < 1.29 is 9.53 Å². The molecule has 1 unspecified atom stereocenters. The number of nitrogens with zero attached hydrogens (tertiary/aromatic N) is 4. The second-order valence-corrected chi connectivity index (χ2v) is 6.99. The SMILES string of the molecule is O=C1[C@@H](Cc2ccccc2)CCn2cc(nn2)COCC2CCCN12. The van der Waals surface area contributed by atoms with Crippen LogP contribution in [0.3, 0.4) is 0 Å². The third-order valence-corrected chi connectivity index (χ3v) is 5.19. The normalized spacial score (nSPS) is 24.5. The molecule has 0 N–H and O–H groups in total. The topological polar surface area (TPSA) is 60.3 Å². The van der Waals surface area contributed by atoms with Crippen molar-refractivity contribution in [2.45, 2.75) is 44.9 Å². The van der Waals surface area contributed by atoms with Gasteiger partial charge in [0, 0.05) is 19.0 Å². The number of ether oxygens (including phenoxy) is 1. The van der Waals surface area contributed by atoms with Crippen molar-refractivity contribution in [1.82, 2.24) is 19.9 Å². The van der Waals surface area contributed by atoms with E-state index in [-0.39, 0.29) is 17.9 Å². The molecule has 2 bridgehead atoms. The van der Waals surface area contributed by atoms with E-state index in [2.05, 4.69) is 27.3 Å². The Bertz CT molecular complexity index is 715. The van der Waals surface area contributed by atoms with E-state index in [1.807, 2.05) is 29.1 Å². The summed E-state index contributed by atoms with van der Waals surface area (Å²) >= 11 is 0. The molecule has 2 atom stereocenters. The Labute approximate surface area is 147 Å². The van der Waals surface area contributed by atoms with Crippen molar-refractivity contribution >= 4 is 5.91 Å². The zero-order chi connectivity index (χ0) is 17.1. The maximum atomic E-state index is 13.2. The number of carbonyl (C=O) groups excluding carboxylic acids is 1. The van der Waals surface area contributed by atoms with Crippen LogP contribution in [-0.2, 0) is 29.1 Å². The van der Waals surface area contributed by atoms with Gasteiger partial charge in [-0.05, 0) is 31.2 Å². The fourth-order valence-corrected chi connectivity index (χ4v) is 3.85. The van der Waals surface area contributed by atoms with Crippen LogP contribution in [0.1, 0.15) is 30.5 Å². The van der Waals surface area contributed by atoms with E-state index < -0.39 is 0 Å². The van der Waals surface area contributed by atoms with Gasteiger partial charge in [-0.1, -0.05) is 35.5 Å². The van der Waals surface area contributed by atoms with Gasteiger partial charge in [-0.15, -0.1) is 5.10 Å². The lowest BCUT2D eigenvalue weighted by Gasteiger charge is -2.29. The smallest absolute Gasteiger partial charge is 0.226 e. The number of rotatable bonds is 2. The Morgan fingerprint density at radius 3 is 2.92 bits per heavy atom. The maximum Gasteiger partial charge on any atom is 0.226 e. The minimum atomic E-state index is -0.0323. The Kier molecular flexibility index (Phi) is 4.78. The van der Waals surface area contributed by atoms with E-state index in [9.17, 15) is 4.79 Å². The van der Waals surface area contributed by atoms with Gasteiger partial charge in [-0.3, -0.25) is 9.48 Å². The van der Waals surface area contributed by atoms with Crippen molar-refractivity contribution in [3.05, 3.63) is 47.8 Å². The summed E-state index contributed by atoms with van der Waals surface area (Å²) in [5.74, 6) is 0.228. The molecule has 4 rings (SSSR count). The summed E-state index contributed by atoms with van der Waals surface area (Å²) in [6.07, 6.45) is 5.56. The highest BCUT2D eigenvalue weighted by atomic mass is 16.5. The Hall–Kier alpha value is -2.21. The predicted octanol–water partition coefficient (Wildman–Crippen LogP) is 2.05. The van der Waals surface area contributed by atoms with Crippen molar-refractivity contribution in [1.29, 1.82) is 0 Å². The van der Waals surface area contributed by atoms with Crippen molar-refractivity contribution in [2.75, 3.05) is 13.2 Å². The maximum absolute atomic E-state index is 13.2. The molecule has 2 aliphatic heterocycles. The molecule has 1 aromatic heterocycles. The van der Waals surface area contributed by atoms with E-state index in [1.165, 1.54) is 5.56 Å². The standard InChI is InChI=1S/C19H24N4O2/c24-19-16(11-15-5-2-1-3-6-15)8-10-22-12-17(20-21-22)13-25-14-18-7-4-9-23(18)19/h1-3,5-6,12,16,18H,4,7-11,13-14H2/t16-,18?/m1/s1. The Morgan fingerprint density at radius 1 is 1.16 bits per heavy atom. The van der Waals surface area contributed by atoms with Crippen molar-refractivity contribution in [2.24, 2.45) is 5.92 Å². The van der Waals surface area contributed by atoms with E-state index in [4.69, 9.17) is 4.74 Å². The van der Waals surface area contributed by atoms with Gasteiger partial charge in [0.2, 0.25) is 5.91 Å². The van der Waals surface area contributed by atoms with Gasteiger partial charge in [-0.2, -0.15) is 0 Å². The second-order valence-electron chi connectivity index (χ2n) is 6.99. The van der Waals surface area contributed by atoms with Crippen LogP contribution < -0.4 is 0 Å². The Morgan fingerprint density at radius 2 is 2.04 bits per heavy atom. The van der Waals surface area contributed by atoms with E-state index in [0.29, 0.717) is 19.8 Å². The molecule has 0 spiro atoms. The molecule has 25 heavy (non-hydrogen) atoms. The van der Waals surface area contributed by atoms with Gasteiger partial charge in [0.1, 0.15) is 5.69 Å². The molecule has 0 radical (unpaired) electrons. The number of carbonyl (C=O) groups is 1. The van der Waals surface area contributed by atoms with Crippen LogP contribution in [0.2, 0.25) is 0 Å². The van der Waals surface area contributed by atoms with Gasteiger partial charge in [0.15, 0.2) is 0 Å². The minimum Gasteiger partial charge on any atom is -0.373 e. The molecule has 2 aliphatic rings. The zero-order valence-corrected chi connectivity index (χ0v) is 14.4. The van der Waals surface area contributed by atoms with Gasteiger partial charge < -0.3 is 9.64 Å². The summed E-state index contributed by atoms with van der Waals surface area (Å²) in [5.41, 5.74) is 2.07. The first-order chi connectivity index (χ1) is 12.3. The molecule has 6 nitrogen and oxygen atoms in total. The number of hydrogen-bond acceptors (Lipinski definition) is 4. The van der Waals surface area contributed by atoms with Crippen LogP contribution in [0.25, 0.3) is 0 Å². The lowest BCUT2D eigenvalue weighted by molar-refractivity contribution is -0.138. The van der Waals surface area contributed by atoms with Crippen LogP contribution in [0.4, 0.5) is 0 Å². The molecule has 1 saturated heterocycles. The molecule has 6 heteroatoms. The number of benzene rings is 1. The largest absolute Gasteiger partial charge is 0.373 e. The summed E-state index contributed by atoms with van der Waals surface area (Å²) in [7, 11) is 0. The number of aryl methyl sites for hydroxylation is 1. The molecular weight excluding hydrogens is 316 g/mol. The molecule has 1 fully saturated rings. The van der Waals surface area contributed by atoms with Gasteiger partial charge in [-0.25, -0.2) is 0 Å². The fraction of sp³-hybridized carbons (Fsp3) is 0.526. The summed E-state index contributed by atoms with van der Waals surface area (Å²) in [5, 5.41) is 8.33. The molecule has 1 aromatic carbocycles. The number of aromatic nitrogens is 3. The van der Waals surface area contributed by atoms with E-state index in [1.54, 1.807) is 0 Å². The second kappa shape index (κ2) is 7.35. The van der Waals surface area contributed by atoms with Crippen molar-refractivity contribution in [3.63, 3.8) is 0 Å². The third-order valence-electron chi connectivity index (χ3n) is 5.19. The highest BCUT2D eigenvalue weighted by molar-refractivity contribution is 5.79. The van der Waals surface area contributed by atoms with E-state index in [0.717, 1.165) is 37.9 Å². The van der Waals surface area contributed by atoms with Crippen LogP contribution in [0.15, 0.2) is 36.5 Å². The molecule has 132 valence electrons. The fourth-order valence-electron chi connectivity index (χ4n) is 3.85. The summed E-state index contributed by atoms with van der Waals surface area (Å²) < 4.78 is 7.64. The highest BCUT2D eigenvalue weighted by Crippen LogP contribution is 2.24. The molecule has 1 amide bonds. The number of fused-ring (bicyclic) bond motifs is 3. The monoisotopic (exact) mass is 340 g/mol. The average molecular weight is 340 g/mol. The van der Waals surface area contributed by atoms with Gasteiger partial charge in [0.25, 0.3) is 0 Å². The first kappa shape index (κ1) is 16.3. The molecule has 2 aromatic rings. The van der Waals surface area contributed by atoms with E-state index >= 15 is 0 Å². The average Bonchev–Trinajstić information content (AvgIpc) is 3.28. The predicted molar refractivity (Wildman–Crippen MR) is 92.7 cm³/mol. The van der Waals surface area contributed by atoms with Gasteiger partial charge >= 0.3 is 0 Å². The van der Waals surface area contributed by atoms with Gasteiger partial charge in [0.05, 0.1) is 25.5 Å². The minimum absolute atomic E-state index is 0.0323. The number of amides is 1. The highest BCUT2D eigenvalue weighted by Gasteiger charge is 2.33. The third kappa shape index (κ3) is 3.74. The Balaban J connectivity index is 1.58. The molecule has 0 saturated carbocycles. The van der Waals surface area contributed by atoms with Crippen molar-refractivity contribution in [3.8, 4) is 0 Å². The summed E-state index contributed by atoms with van der Waals surface area (Å²) in [6.45, 7) is 2.59. The van der Waals surface area contributed by atoms with Crippen LogP contribution in [-0.4, -0.2) is 45.0 Å².